The summed E-state index contributed by atoms with van der Waals surface area (Å²) in [6, 6.07) is 6.96. The zero-order valence-corrected chi connectivity index (χ0v) is 13.9. The molecule has 3 rings (SSSR count). The second kappa shape index (κ2) is 5.65. The van der Waals surface area contributed by atoms with Crippen LogP contribution in [0.5, 0.6) is 0 Å². The molecule has 4 nitrogen and oxygen atoms in total. The lowest BCUT2D eigenvalue weighted by Gasteiger charge is -2.22. The number of rotatable bonds is 4. The number of nitrogens with one attached hydrogen (secondary N) is 1. The minimum Gasteiger partial charge on any atom is -0.388 e. The van der Waals surface area contributed by atoms with Gasteiger partial charge in [0.2, 0.25) is 0 Å². The van der Waals surface area contributed by atoms with Gasteiger partial charge in [-0.2, -0.15) is 0 Å². The summed E-state index contributed by atoms with van der Waals surface area (Å²) >= 11 is 0. The van der Waals surface area contributed by atoms with E-state index in [-0.39, 0.29) is 11.2 Å². The molecular weight excluding hydrogens is 291 g/mol. The highest BCUT2D eigenvalue weighted by atomic mass is 19.1. The zero-order valence-electron chi connectivity index (χ0n) is 13.9. The van der Waals surface area contributed by atoms with Gasteiger partial charge in [-0.1, -0.05) is 20.8 Å². The lowest BCUT2D eigenvalue weighted by atomic mass is 9.83. The Morgan fingerprint density at radius 1 is 1.26 bits per heavy atom. The normalized spacial score (nSPS) is 11.9. The van der Waals surface area contributed by atoms with Gasteiger partial charge < -0.3 is 5.32 Å². The van der Waals surface area contributed by atoms with Crippen molar-refractivity contribution in [2.45, 2.75) is 32.6 Å². The van der Waals surface area contributed by atoms with Gasteiger partial charge >= 0.3 is 0 Å². The second-order valence-corrected chi connectivity index (χ2v) is 6.36. The number of halogens is 1. The molecule has 2 heterocycles. The Morgan fingerprint density at radius 3 is 2.74 bits per heavy atom. The molecule has 120 valence electrons. The molecule has 0 unspecified atom stereocenters. The summed E-state index contributed by atoms with van der Waals surface area (Å²) < 4.78 is 15.7. The van der Waals surface area contributed by atoms with E-state index < -0.39 is 0 Å². The third-order valence-electron chi connectivity index (χ3n) is 4.51. The van der Waals surface area contributed by atoms with Crippen LogP contribution in [0.25, 0.3) is 16.7 Å². The molecule has 0 fully saturated rings. The van der Waals surface area contributed by atoms with Crippen LogP contribution in [0.2, 0.25) is 0 Å². The molecule has 0 aliphatic heterocycles. The van der Waals surface area contributed by atoms with Gasteiger partial charge in [0.15, 0.2) is 5.65 Å². The summed E-state index contributed by atoms with van der Waals surface area (Å²) in [5, 5.41) is 8.33. The minimum atomic E-state index is -0.314. The quantitative estimate of drug-likeness (QED) is 0.781. The monoisotopic (exact) mass is 312 g/mol. The van der Waals surface area contributed by atoms with Crippen molar-refractivity contribution < 1.29 is 4.39 Å². The molecular formula is C18H21FN4. The summed E-state index contributed by atoms with van der Waals surface area (Å²) in [5.41, 5.74) is 3.08. The number of hydrogen-bond acceptors (Lipinski definition) is 3. The standard InChI is InChI=1S/C18H21FN4/c1-5-18(2,3)13-8-12-11-23(22-17(12)21-10-13)16-9-14(20-4)6-7-15(16)19/h6-11,20H,5H2,1-4H3. The number of anilines is 1. The first-order valence-electron chi connectivity index (χ1n) is 7.78. The van der Waals surface area contributed by atoms with Crippen LogP contribution in [0.4, 0.5) is 10.1 Å². The summed E-state index contributed by atoms with van der Waals surface area (Å²) in [6.45, 7) is 6.54. The topological polar surface area (TPSA) is 42.7 Å². The molecule has 1 aromatic carbocycles. The maximum absolute atomic E-state index is 14.1. The summed E-state index contributed by atoms with van der Waals surface area (Å²) in [7, 11) is 1.80. The third-order valence-corrected chi connectivity index (χ3v) is 4.51. The smallest absolute Gasteiger partial charge is 0.181 e. The molecule has 2 aromatic heterocycles. The van der Waals surface area contributed by atoms with Crippen molar-refractivity contribution in [1.82, 2.24) is 14.8 Å². The highest BCUT2D eigenvalue weighted by molar-refractivity contribution is 5.75. The van der Waals surface area contributed by atoms with Gasteiger partial charge in [-0.25, -0.2) is 14.1 Å². The van der Waals surface area contributed by atoms with Crippen molar-refractivity contribution in [1.29, 1.82) is 0 Å². The van der Waals surface area contributed by atoms with E-state index >= 15 is 0 Å². The van der Waals surface area contributed by atoms with E-state index in [2.05, 4.69) is 42.2 Å². The molecule has 1 N–H and O–H groups in total. The van der Waals surface area contributed by atoms with Crippen LogP contribution in [-0.2, 0) is 5.41 Å². The van der Waals surface area contributed by atoms with Crippen LogP contribution >= 0.6 is 0 Å². The fourth-order valence-electron chi connectivity index (χ4n) is 2.46. The van der Waals surface area contributed by atoms with Gasteiger partial charge in [-0.05, 0) is 41.7 Å². The predicted octanol–water partition coefficient (Wildman–Crippen LogP) is 4.29. The predicted molar refractivity (Wildman–Crippen MR) is 91.7 cm³/mol. The average molecular weight is 312 g/mol. The second-order valence-electron chi connectivity index (χ2n) is 6.36. The van der Waals surface area contributed by atoms with Crippen molar-refractivity contribution in [2.75, 3.05) is 12.4 Å². The molecule has 0 atom stereocenters. The first kappa shape index (κ1) is 15.5. The van der Waals surface area contributed by atoms with Gasteiger partial charge in [0.05, 0.1) is 0 Å². The third kappa shape index (κ3) is 2.79. The van der Waals surface area contributed by atoms with Crippen molar-refractivity contribution in [3.05, 3.63) is 48.0 Å². The van der Waals surface area contributed by atoms with Crippen LogP contribution < -0.4 is 5.32 Å². The average Bonchev–Trinajstić information content (AvgIpc) is 2.98. The van der Waals surface area contributed by atoms with Gasteiger partial charge in [-0.15, -0.1) is 5.10 Å². The highest BCUT2D eigenvalue weighted by Gasteiger charge is 2.19. The van der Waals surface area contributed by atoms with Crippen LogP contribution in [-0.4, -0.2) is 21.8 Å². The Hall–Kier alpha value is -2.43. The zero-order chi connectivity index (χ0) is 16.6. The van der Waals surface area contributed by atoms with Gasteiger partial charge in [0.1, 0.15) is 11.5 Å². The SMILES string of the molecule is CCC(C)(C)c1cnc2nn(-c3cc(NC)ccc3F)cc2c1. The minimum absolute atomic E-state index is 0.0561. The van der Waals surface area contributed by atoms with Gasteiger partial charge in [0.25, 0.3) is 0 Å². The summed E-state index contributed by atoms with van der Waals surface area (Å²) in [6.07, 6.45) is 4.71. The van der Waals surface area contributed by atoms with E-state index in [0.717, 1.165) is 23.1 Å². The van der Waals surface area contributed by atoms with Crippen molar-refractivity contribution in [3.8, 4) is 5.69 Å². The number of hydrogen-bond donors (Lipinski definition) is 1. The van der Waals surface area contributed by atoms with Crippen LogP contribution in [0.15, 0.2) is 36.7 Å². The number of benzene rings is 1. The lowest BCUT2D eigenvalue weighted by Crippen LogP contribution is -2.15. The lowest BCUT2D eigenvalue weighted by molar-refractivity contribution is 0.505. The molecule has 0 saturated heterocycles. The maximum Gasteiger partial charge on any atom is 0.181 e. The molecule has 0 amide bonds. The van der Waals surface area contributed by atoms with Crippen LogP contribution in [0.3, 0.4) is 0 Å². The van der Waals surface area contributed by atoms with Crippen LogP contribution in [0, 0.1) is 5.82 Å². The Balaban J connectivity index is 2.10. The van der Waals surface area contributed by atoms with E-state index in [1.807, 2.05) is 12.4 Å². The molecule has 0 spiro atoms. The molecule has 3 aromatic rings. The molecule has 23 heavy (non-hydrogen) atoms. The Morgan fingerprint density at radius 2 is 2.04 bits per heavy atom. The van der Waals surface area contributed by atoms with E-state index in [0.29, 0.717) is 11.3 Å². The van der Waals surface area contributed by atoms with E-state index in [1.165, 1.54) is 6.07 Å². The van der Waals surface area contributed by atoms with E-state index in [4.69, 9.17) is 0 Å². The number of pyridine rings is 1. The number of nitrogens with zero attached hydrogens (tertiary/aromatic N) is 3. The first-order chi connectivity index (χ1) is 10.9. The fourth-order valence-corrected chi connectivity index (χ4v) is 2.46. The van der Waals surface area contributed by atoms with E-state index in [1.54, 1.807) is 23.9 Å². The van der Waals surface area contributed by atoms with Gasteiger partial charge in [0, 0.05) is 30.5 Å². The first-order valence-corrected chi connectivity index (χ1v) is 7.78. The molecule has 0 saturated carbocycles. The van der Waals surface area contributed by atoms with Crippen LogP contribution in [0.1, 0.15) is 32.8 Å². The van der Waals surface area contributed by atoms with E-state index in [9.17, 15) is 4.39 Å². The Kier molecular flexibility index (Phi) is 3.80. The van der Waals surface area contributed by atoms with Crippen molar-refractivity contribution in [3.63, 3.8) is 0 Å². The number of aromatic nitrogens is 3. The molecule has 0 aliphatic carbocycles. The Labute approximate surface area is 135 Å². The van der Waals surface area contributed by atoms with Gasteiger partial charge in [-0.3, -0.25) is 0 Å². The fraction of sp³-hybridized carbons (Fsp3) is 0.333. The van der Waals surface area contributed by atoms with Crippen molar-refractivity contribution >= 4 is 16.7 Å². The molecule has 5 heteroatoms. The molecule has 0 aliphatic rings. The maximum atomic E-state index is 14.1. The van der Waals surface area contributed by atoms with Crippen molar-refractivity contribution in [2.24, 2.45) is 0 Å². The summed E-state index contributed by atoms with van der Waals surface area (Å²) in [5.74, 6) is -0.314. The summed E-state index contributed by atoms with van der Waals surface area (Å²) in [4.78, 5) is 4.44. The molecule has 0 radical (unpaired) electrons. The Bertz CT molecular complexity index is 851. The highest BCUT2D eigenvalue weighted by Crippen LogP contribution is 2.28. The largest absolute Gasteiger partial charge is 0.388 e. The molecule has 0 bridgehead atoms. The number of fused-ring (bicyclic) bond motifs is 1.